The lowest BCUT2D eigenvalue weighted by atomic mass is 10.1. The molecule has 4 nitrogen and oxygen atoms in total. The van der Waals surface area contributed by atoms with Crippen molar-refractivity contribution in [3.63, 3.8) is 0 Å². The molecule has 4 heteroatoms. The van der Waals surface area contributed by atoms with Crippen molar-refractivity contribution in [3.8, 4) is 5.88 Å². The normalized spacial score (nSPS) is 21.2. The second-order valence-corrected chi connectivity index (χ2v) is 4.08. The van der Waals surface area contributed by atoms with Gasteiger partial charge in [-0.05, 0) is 44.5 Å². The average molecular weight is 221 g/mol. The second kappa shape index (κ2) is 5.70. The second-order valence-electron chi connectivity index (χ2n) is 4.08. The number of anilines is 1. The Morgan fingerprint density at radius 1 is 1.44 bits per heavy atom. The fraction of sp³-hybridized carbons (Fsp3) is 0.583. The first-order chi connectivity index (χ1) is 7.90. The van der Waals surface area contributed by atoms with Gasteiger partial charge in [0.2, 0.25) is 5.88 Å². The molecule has 2 heterocycles. The van der Waals surface area contributed by atoms with Crippen LogP contribution in [0.2, 0.25) is 0 Å². The predicted molar refractivity (Wildman–Crippen MR) is 64.9 cm³/mol. The van der Waals surface area contributed by atoms with E-state index in [1.54, 1.807) is 13.3 Å². The fourth-order valence-corrected chi connectivity index (χ4v) is 2.05. The van der Waals surface area contributed by atoms with Crippen molar-refractivity contribution < 1.29 is 4.74 Å². The molecule has 0 amide bonds. The molecule has 0 spiro atoms. The molecule has 0 bridgehead atoms. The molecule has 1 fully saturated rings. The van der Waals surface area contributed by atoms with Crippen LogP contribution >= 0.6 is 0 Å². The zero-order chi connectivity index (χ0) is 11.2. The van der Waals surface area contributed by atoms with Crippen molar-refractivity contribution in [1.82, 2.24) is 10.3 Å². The summed E-state index contributed by atoms with van der Waals surface area (Å²) in [7, 11) is 1.65. The summed E-state index contributed by atoms with van der Waals surface area (Å²) < 4.78 is 5.23. The van der Waals surface area contributed by atoms with Crippen LogP contribution in [-0.4, -0.2) is 31.2 Å². The van der Waals surface area contributed by atoms with E-state index < -0.39 is 0 Å². The van der Waals surface area contributed by atoms with Crippen LogP contribution in [0.25, 0.3) is 0 Å². The summed E-state index contributed by atoms with van der Waals surface area (Å²) in [6.45, 7) is 2.21. The molecule has 1 aromatic heterocycles. The summed E-state index contributed by atoms with van der Waals surface area (Å²) in [5.41, 5.74) is 0.997. The lowest BCUT2D eigenvalue weighted by molar-refractivity contribution is 0.399. The number of hydrogen-bond acceptors (Lipinski definition) is 4. The third kappa shape index (κ3) is 2.85. The first-order valence-corrected chi connectivity index (χ1v) is 5.86. The summed E-state index contributed by atoms with van der Waals surface area (Å²) in [6, 6.07) is 4.47. The van der Waals surface area contributed by atoms with Gasteiger partial charge < -0.3 is 15.4 Å². The Hall–Kier alpha value is -1.29. The maximum atomic E-state index is 5.23. The molecule has 0 aromatic carbocycles. The predicted octanol–water partition coefficient (Wildman–Crippen LogP) is 1.64. The highest BCUT2D eigenvalue weighted by molar-refractivity contribution is 5.52. The van der Waals surface area contributed by atoms with Crippen molar-refractivity contribution in [2.75, 3.05) is 25.5 Å². The molecule has 88 valence electrons. The smallest absolute Gasteiger partial charge is 0.237 e. The zero-order valence-electron chi connectivity index (χ0n) is 9.70. The van der Waals surface area contributed by atoms with E-state index in [0.29, 0.717) is 11.9 Å². The SMILES string of the molecule is COc1ncccc1NC1CCCNCC1. The minimum absolute atomic E-state index is 0.521. The van der Waals surface area contributed by atoms with Gasteiger partial charge in [0.15, 0.2) is 0 Å². The summed E-state index contributed by atoms with van der Waals surface area (Å²) >= 11 is 0. The molecule has 2 N–H and O–H groups in total. The minimum atomic E-state index is 0.521. The average Bonchev–Trinajstić information content (AvgIpc) is 2.58. The summed E-state index contributed by atoms with van der Waals surface area (Å²) in [6.07, 6.45) is 5.32. The van der Waals surface area contributed by atoms with Gasteiger partial charge in [-0.2, -0.15) is 0 Å². The van der Waals surface area contributed by atoms with Crippen molar-refractivity contribution in [2.45, 2.75) is 25.3 Å². The first kappa shape index (κ1) is 11.2. The Kier molecular flexibility index (Phi) is 3.99. The Morgan fingerprint density at radius 3 is 3.25 bits per heavy atom. The molecule has 2 rings (SSSR count). The van der Waals surface area contributed by atoms with E-state index in [4.69, 9.17) is 4.74 Å². The van der Waals surface area contributed by atoms with Crippen LogP contribution < -0.4 is 15.4 Å². The Morgan fingerprint density at radius 2 is 2.38 bits per heavy atom. The van der Waals surface area contributed by atoms with Gasteiger partial charge in [0.25, 0.3) is 0 Å². The van der Waals surface area contributed by atoms with Crippen molar-refractivity contribution in [2.24, 2.45) is 0 Å². The summed E-state index contributed by atoms with van der Waals surface area (Å²) in [5, 5.41) is 6.92. The summed E-state index contributed by atoms with van der Waals surface area (Å²) in [4.78, 5) is 4.19. The van der Waals surface area contributed by atoms with Gasteiger partial charge in [-0.15, -0.1) is 0 Å². The van der Waals surface area contributed by atoms with Gasteiger partial charge in [-0.3, -0.25) is 0 Å². The van der Waals surface area contributed by atoms with Crippen LogP contribution in [0.5, 0.6) is 5.88 Å². The fourth-order valence-electron chi connectivity index (χ4n) is 2.05. The quantitative estimate of drug-likeness (QED) is 0.814. The van der Waals surface area contributed by atoms with Gasteiger partial charge in [0.05, 0.1) is 12.8 Å². The minimum Gasteiger partial charge on any atom is -0.480 e. The van der Waals surface area contributed by atoms with E-state index in [0.717, 1.165) is 25.2 Å². The number of ether oxygens (including phenoxy) is 1. The Balaban J connectivity index is 2.01. The van der Waals surface area contributed by atoms with E-state index in [1.807, 2.05) is 12.1 Å². The van der Waals surface area contributed by atoms with Crippen molar-refractivity contribution in [3.05, 3.63) is 18.3 Å². The van der Waals surface area contributed by atoms with Gasteiger partial charge in [-0.1, -0.05) is 0 Å². The van der Waals surface area contributed by atoms with Crippen molar-refractivity contribution >= 4 is 5.69 Å². The number of aromatic nitrogens is 1. The number of nitrogens with one attached hydrogen (secondary N) is 2. The highest BCUT2D eigenvalue weighted by Crippen LogP contribution is 2.22. The van der Waals surface area contributed by atoms with Crippen LogP contribution in [0.3, 0.4) is 0 Å². The lowest BCUT2D eigenvalue weighted by Gasteiger charge is -2.18. The monoisotopic (exact) mass is 221 g/mol. The molecular formula is C12H19N3O. The molecule has 1 aromatic rings. The maximum Gasteiger partial charge on any atom is 0.237 e. The molecule has 1 aliphatic heterocycles. The first-order valence-electron chi connectivity index (χ1n) is 5.86. The Labute approximate surface area is 96.4 Å². The van der Waals surface area contributed by atoms with Crippen LogP contribution in [0.1, 0.15) is 19.3 Å². The molecule has 1 atom stereocenters. The molecule has 1 saturated heterocycles. The molecular weight excluding hydrogens is 202 g/mol. The van der Waals surface area contributed by atoms with E-state index in [-0.39, 0.29) is 0 Å². The number of nitrogens with zero attached hydrogens (tertiary/aromatic N) is 1. The molecule has 16 heavy (non-hydrogen) atoms. The highest BCUT2D eigenvalue weighted by Gasteiger charge is 2.13. The van der Waals surface area contributed by atoms with Gasteiger partial charge in [0.1, 0.15) is 0 Å². The third-order valence-corrected chi connectivity index (χ3v) is 2.90. The standard InChI is InChI=1S/C12H19N3O/c1-16-12-11(5-3-8-14-12)15-10-4-2-7-13-9-6-10/h3,5,8,10,13,15H,2,4,6-7,9H2,1H3. The van der Waals surface area contributed by atoms with Crippen LogP contribution in [0.15, 0.2) is 18.3 Å². The topological polar surface area (TPSA) is 46.2 Å². The van der Waals surface area contributed by atoms with Crippen LogP contribution in [0.4, 0.5) is 5.69 Å². The molecule has 0 aliphatic carbocycles. The maximum absolute atomic E-state index is 5.23. The molecule has 1 unspecified atom stereocenters. The highest BCUT2D eigenvalue weighted by atomic mass is 16.5. The number of pyridine rings is 1. The zero-order valence-corrected chi connectivity index (χ0v) is 9.70. The number of methoxy groups -OCH3 is 1. The summed E-state index contributed by atoms with van der Waals surface area (Å²) in [5.74, 6) is 0.680. The van der Waals surface area contributed by atoms with Crippen molar-refractivity contribution in [1.29, 1.82) is 0 Å². The lowest BCUT2D eigenvalue weighted by Crippen LogP contribution is -2.21. The molecule has 1 aliphatic rings. The third-order valence-electron chi connectivity index (χ3n) is 2.90. The number of hydrogen-bond donors (Lipinski definition) is 2. The Bertz CT molecular complexity index is 322. The van der Waals surface area contributed by atoms with Gasteiger partial charge >= 0.3 is 0 Å². The molecule has 0 saturated carbocycles. The van der Waals surface area contributed by atoms with Crippen LogP contribution in [-0.2, 0) is 0 Å². The number of rotatable bonds is 3. The van der Waals surface area contributed by atoms with E-state index in [2.05, 4.69) is 15.6 Å². The largest absolute Gasteiger partial charge is 0.480 e. The van der Waals surface area contributed by atoms with Gasteiger partial charge in [-0.25, -0.2) is 4.98 Å². The van der Waals surface area contributed by atoms with Crippen LogP contribution in [0, 0.1) is 0 Å². The van der Waals surface area contributed by atoms with E-state index >= 15 is 0 Å². The van der Waals surface area contributed by atoms with E-state index in [1.165, 1.54) is 12.8 Å². The molecule has 0 radical (unpaired) electrons. The van der Waals surface area contributed by atoms with E-state index in [9.17, 15) is 0 Å². The van der Waals surface area contributed by atoms with Gasteiger partial charge in [0, 0.05) is 12.2 Å².